The molecule has 0 aliphatic heterocycles. The first-order valence-electron chi connectivity index (χ1n) is 6.05. The maximum Gasteiger partial charge on any atom is 0.305 e. The van der Waals surface area contributed by atoms with Crippen LogP contribution in [0.2, 0.25) is 0 Å². The summed E-state index contributed by atoms with van der Waals surface area (Å²) in [5.74, 6) is -1.07. The van der Waals surface area contributed by atoms with E-state index in [1.165, 1.54) is 4.90 Å². The highest BCUT2D eigenvalue weighted by atomic mass is 16.4. The van der Waals surface area contributed by atoms with E-state index in [1.807, 2.05) is 20.8 Å². The third-order valence-corrected chi connectivity index (χ3v) is 2.69. The molecule has 1 aromatic heterocycles. The van der Waals surface area contributed by atoms with Crippen molar-refractivity contribution in [3.63, 3.8) is 0 Å². The van der Waals surface area contributed by atoms with E-state index in [1.54, 1.807) is 10.7 Å². The number of nitrogens with zero attached hydrogens (tertiary/aromatic N) is 3. The lowest BCUT2D eigenvalue weighted by atomic mass is 10.3. The SMILES string of the molecule is CCN(CCC(=O)O)C(=O)c1cc(C)nn1CC. The average molecular weight is 253 g/mol. The molecule has 0 atom stereocenters. The maximum atomic E-state index is 12.3. The average Bonchev–Trinajstić information content (AvgIpc) is 2.70. The number of hydrogen-bond acceptors (Lipinski definition) is 3. The number of aromatic nitrogens is 2. The highest BCUT2D eigenvalue weighted by molar-refractivity contribution is 5.92. The summed E-state index contributed by atoms with van der Waals surface area (Å²) in [6, 6.07) is 1.73. The summed E-state index contributed by atoms with van der Waals surface area (Å²) in [6.07, 6.45) is -0.0428. The van der Waals surface area contributed by atoms with Gasteiger partial charge < -0.3 is 10.0 Å². The zero-order valence-electron chi connectivity index (χ0n) is 11.0. The molecule has 0 spiro atoms. The summed E-state index contributed by atoms with van der Waals surface area (Å²) in [5, 5.41) is 12.9. The Kier molecular flexibility index (Phi) is 4.88. The fourth-order valence-electron chi connectivity index (χ4n) is 1.75. The molecule has 6 heteroatoms. The zero-order valence-corrected chi connectivity index (χ0v) is 11.0. The molecule has 6 nitrogen and oxygen atoms in total. The van der Waals surface area contributed by atoms with Crippen molar-refractivity contribution in [3.8, 4) is 0 Å². The quantitative estimate of drug-likeness (QED) is 0.825. The third-order valence-electron chi connectivity index (χ3n) is 2.69. The molecule has 0 unspecified atom stereocenters. The summed E-state index contributed by atoms with van der Waals surface area (Å²) in [6.45, 7) is 6.90. The fourth-order valence-corrected chi connectivity index (χ4v) is 1.75. The first-order valence-corrected chi connectivity index (χ1v) is 6.05. The molecule has 0 radical (unpaired) electrons. The van der Waals surface area contributed by atoms with E-state index in [0.717, 1.165) is 5.69 Å². The van der Waals surface area contributed by atoms with Gasteiger partial charge in [0.05, 0.1) is 12.1 Å². The predicted octanol–water partition coefficient (Wildman–Crippen LogP) is 1.15. The van der Waals surface area contributed by atoms with E-state index in [-0.39, 0.29) is 18.9 Å². The minimum absolute atomic E-state index is 0.0428. The van der Waals surface area contributed by atoms with E-state index in [0.29, 0.717) is 18.8 Å². The van der Waals surface area contributed by atoms with Crippen LogP contribution in [0.5, 0.6) is 0 Å². The van der Waals surface area contributed by atoms with E-state index in [4.69, 9.17) is 5.11 Å². The van der Waals surface area contributed by atoms with Gasteiger partial charge >= 0.3 is 5.97 Å². The first kappa shape index (κ1) is 14.2. The molecule has 100 valence electrons. The van der Waals surface area contributed by atoms with Crippen LogP contribution in [0.4, 0.5) is 0 Å². The van der Waals surface area contributed by atoms with Gasteiger partial charge in [-0.2, -0.15) is 5.10 Å². The highest BCUT2D eigenvalue weighted by Gasteiger charge is 2.19. The monoisotopic (exact) mass is 253 g/mol. The van der Waals surface area contributed by atoms with E-state index in [2.05, 4.69) is 5.10 Å². The van der Waals surface area contributed by atoms with Crippen molar-refractivity contribution in [2.75, 3.05) is 13.1 Å². The number of carbonyl (C=O) groups excluding carboxylic acids is 1. The Balaban J connectivity index is 2.85. The van der Waals surface area contributed by atoms with Gasteiger partial charge in [0.1, 0.15) is 5.69 Å². The second-order valence-corrected chi connectivity index (χ2v) is 4.02. The third kappa shape index (κ3) is 3.32. The van der Waals surface area contributed by atoms with Gasteiger partial charge in [0.25, 0.3) is 5.91 Å². The molecule has 1 N–H and O–H groups in total. The van der Waals surface area contributed by atoms with Crippen LogP contribution in [-0.2, 0) is 11.3 Å². The Labute approximate surface area is 106 Å². The molecular weight excluding hydrogens is 234 g/mol. The predicted molar refractivity (Wildman–Crippen MR) is 66.5 cm³/mol. The van der Waals surface area contributed by atoms with E-state index >= 15 is 0 Å². The lowest BCUT2D eigenvalue weighted by Gasteiger charge is -2.20. The van der Waals surface area contributed by atoms with Crippen molar-refractivity contribution in [3.05, 3.63) is 17.5 Å². The van der Waals surface area contributed by atoms with Gasteiger partial charge in [0.15, 0.2) is 0 Å². The second kappa shape index (κ2) is 6.18. The molecule has 18 heavy (non-hydrogen) atoms. The Morgan fingerprint density at radius 3 is 2.61 bits per heavy atom. The van der Waals surface area contributed by atoms with Crippen LogP contribution in [0.15, 0.2) is 6.07 Å². The molecule has 1 rings (SSSR count). The molecule has 0 fully saturated rings. The Hall–Kier alpha value is -1.85. The first-order chi connectivity index (χ1) is 8.49. The Bertz CT molecular complexity index is 440. The topological polar surface area (TPSA) is 75.4 Å². The molecule has 0 saturated carbocycles. The Morgan fingerprint density at radius 1 is 1.44 bits per heavy atom. The number of carboxylic acid groups (broad SMARTS) is 1. The lowest BCUT2D eigenvalue weighted by molar-refractivity contribution is -0.137. The van der Waals surface area contributed by atoms with Gasteiger partial charge in [0.2, 0.25) is 0 Å². The van der Waals surface area contributed by atoms with Crippen molar-refractivity contribution >= 4 is 11.9 Å². The number of aliphatic carboxylic acids is 1. The van der Waals surface area contributed by atoms with Crippen molar-refractivity contribution in [1.29, 1.82) is 0 Å². The van der Waals surface area contributed by atoms with Crippen molar-refractivity contribution < 1.29 is 14.7 Å². The standard InChI is InChI=1S/C12H19N3O3/c1-4-14(7-6-11(16)17)12(18)10-8-9(3)13-15(10)5-2/h8H,4-7H2,1-3H3,(H,16,17). The second-order valence-electron chi connectivity index (χ2n) is 4.02. The number of aryl methyl sites for hydroxylation is 2. The van der Waals surface area contributed by atoms with Crippen molar-refractivity contribution in [2.24, 2.45) is 0 Å². The zero-order chi connectivity index (χ0) is 13.7. The van der Waals surface area contributed by atoms with Gasteiger partial charge in [0, 0.05) is 19.6 Å². The van der Waals surface area contributed by atoms with Crippen LogP contribution < -0.4 is 0 Å². The highest BCUT2D eigenvalue weighted by Crippen LogP contribution is 2.08. The van der Waals surface area contributed by atoms with Crippen LogP contribution in [0.1, 0.15) is 36.5 Å². The van der Waals surface area contributed by atoms with E-state index in [9.17, 15) is 9.59 Å². The molecule has 1 aromatic rings. The number of carbonyl (C=O) groups is 2. The summed E-state index contributed by atoms with van der Waals surface area (Å²) < 4.78 is 1.64. The van der Waals surface area contributed by atoms with Crippen LogP contribution >= 0.6 is 0 Å². The van der Waals surface area contributed by atoms with Gasteiger partial charge in [-0.15, -0.1) is 0 Å². The van der Waals surface area contributed by atoms with Crippen LogP contribution in [-0.4, -0.2) is 44.8 Å². The minimum atomic E-state index is -0.901. The summed E-state index contributed by atoms with van der Waals surface area (Å²) >= 11 is 0. The van der Waals surface area contributed by atoms with Gasteiger partial charge in [-0.1, -0.05) is 0 Å². The smallest absolute Gasteiger partial charge is 0.305 e. The van der Waals surface area contributed by atoms with Crippen LogP contribution in [0.3, 0.4) is 0 Å². The molecule has 0 aliphatic rings. The summed E-state index contributed by atoms with van der Waals surface area (Å²) in [7, 11) is 0. The molecule has 0 aromatic carbocycles. The largest absolute Gasteiger partial charge is 0.481 e. The lowest BCUT2D eigenvalue weighted by Crippen LogP contribution is -2.34. The molecule has 1 amide bonds. The van der Waals surface area contributed by atoms with Crippen molar-refractivity contribution in [1.82, 2.24) is 14.7 Å². The number of hydrogen-bond donors (Lipinski definition) is 1. The molecule has 0 aliphatic carbocycles. The molecule has 0 saturated heterocycles. The van der Waals surface area contributed by atoms with Gasteiger partial charge in [-0.3, -0.25) is 14.3 Å². The van der Waals surface area contributed by atoms with Gasteiger partial charge in [-0.05, 0) is 26.8 Å². The number of carboxylic acids is 1. The fraction of sp³-hybridized carbons (Fsp3) is 0.583. The molecule has 0 bridgehead atoms. The van der Waals surface area contributed by atoms with E-state index < -0.39 is 5.97 Å². The Morgan fingerprint density at radius 2 is 2.11 bits per heavy atom. The van der Waals surface area contributed by atoms with Crippen LogP contribution in [0, 0.1) is 6.92 Å². The normalized spacial score (nSPS) is 10.4. The summed E-state index contributed by atoms with van der Waals surface area (Å²) in [4.78, 5) is 24.3. The van der Waals surface area contributed by atoms with Crippen LogP contribution in [0.25, 0.3) is 0 Å². The number of rotatable bonds is 6. The summed E-state index contributed by atoms with van der Waals surface area (Å²) in [5.41, 5.74) is 1.30. The maximum absolute atomic E-state index is 12.3. The minimum Gasteiger partial charge on any atom is -0.481 e. The van der Waals surface area contributed by atoms with Gasteiger partial charge in [-0.25, -0.2) is 0 Å². The van der Waals surface area contributed by atoms with Crippen molar-refractivity contribution in [2.45, 2.75) is 33.7 Å². The molecular formula is C12H19N3O3. The molecule has 1 heterocycles. The number of amides is 1.